The average molecular weight is 289 g/mol. The van der Waals surface area contributed by atoms with Crippen LogP contribution >= 0.6 is 0 Å². The highest BCUT2D eigenvalue weighted by molar-refractivity contribution is 7.89. The maximum atomic E-state index is 12.1. The number of aromatic nitrogens is 2. The number of aryl methyl sites for hydroxylation is 1. The van der Waals surface area contributed by atoms with Crippen molar-refractivity contribution >= 4 is 21.7 Å². The van der Waals surface area contributed by atoms with Crippen LogP contribution < -0.4 is 16.2 Å². The monoisotopic (exact) mass is 289 g/mol. The van der Waals surface area contributed by atoms with Crippen LogP contribution in [-0.4, -0.2) is 29.6 Å². The van der Waals surface area contributed by atoms with Crippen molar-refractivity contribution in [2.45, 2.75) is 44.2 Å². The standard InChI is InChI=1S/C10H19N5O3S/c1-4-5-15-6-7(8(11)13-15)19(17,18)14-10(2,3)9(12)16/h6,14H,4-5H2,1-3H3,(H2,11,13)(H2,12,16). The van der Waals surface area contributed by atoms with Crippen molar-refractivity contribution < 1.29 is 13.2 Å². The maximum Gasteiger partial charge on any atom is 0.246 e. The number of nitrogens with one attached hydrogen (secondary N) is 1. The van der Waals surface area contributed by atoms with Crippen LogP contribution in [0.2, 0.25) is 0 Å². The molecule has 1 amide bonds. The number of nitrogens with zero attached hydrogens (tertiary/aromatic N) is 2. The summed E-state index contributed by atoms with van der Waals surface area (Å²) < 4.78 is 27.9. The summed E-state index contributed by atoms with van der Waals surface area (Å²) in [6, 6.07) is 0. The van der Waals surface area contributed by atoms with Gasteiger partial charge in [0.2, 0.25) is 15.9 Å². The zero-order valence-corrected chi connectivity index (χ0v) is 12.0. The van der Waals surface area contributed by atoms with Crippen LogP contribution in [-0.2, 0) is 21.4 Å². The summed E-state index contributed by atoms with van der Waals surface area (Å²) in [5, 5.41) is 3.90. The molecule has 0 aliphatic rings. The minimum Gasteiger partial charge on any atom is -0.381 e. The summed E-state index contributed by atoms with van der Waals surface area (Å²) in [6.45, 7) is 5.23. The van der Waals surface area contributed by atoms with Gasteiger partial charge in [-0.25, -0.2) is 8.42 Å². The smallest absolute Gasteiger partial charge is 0.246 e. The second-order valence-corrected chi connectivity index (χ2v) is 6.39. The molecule has 1 rings (SSSR count). The van der Waals surface area contributed by atoms with Crippen LogP contribution in [0, 0.1) is 0 Å². The Morgan fingerprint density at radius 2 is 2.11 bits per heavy atom. The van der Waals surface area contributed by atoms with Gasteiger partial charge in [0.05, 0.1) is 0 Å². The minimum atomic E-state index is -3.95. The Labute approximate surface area is 112 Å². The predicted octanol–water partition coefficient (Wildman–Crippen LogP) is -0.582. The highest BCUT2D eigenvalue weighted by atomic mass is 32.2. The molecule has 0 aliphatic carbocycles. The fourth-order valence-corrected chi connectivity index (χ4v) is 2.87. The molecule has 8 nitrogen and oxygen atoms in total. The van der Waals surface area contributed by atoms with Crippen LogP contribution in [0.25, 0.3) is 0 Å². The van der Waals surface area contributed by atoms with E-state index < -0.39 is 21.5 Å². The molecule has 0 saturated carbocycles. The number of primary amides is 1. The first-order valence-electron chi connectivity index (χ1n) is 5.77. The van der Waals surface area contributed by atoms with Gasteiger partial charge in [-0.15, -0.1) is 0 Å². The summed E-state index contributed by atoms with van der Waals surface area (Å²) in [6.07, 6.45) is 2.12. The van der Waals surface area contributed by atoms with Gasteiger partial charge in [0.15, 0.2) is 5.82 Å². The number of nitrogen functional groups attached to an aromatic ring is 1. The summed E-state index contributed by atoms with van der Waals surface area (Å²) in [4.78, 5) is 11.0. The minimum absolute atomic E-state index is 0.110. The molecule has 0 saturated heterocycles. The average Bonchev–Trinajstić information content (AvgIpc) is 2.59. The largest absolute Gasteiger partial charge is 0.381 e. The molecule has 0 unspecified atom stereocenters. The number of hydrogen-bond acceptors (Lipinski definition) is 5. The highest BCUT2D eigenvalue weighted by Crippen LogP contribution is 2.18. The maximum absolute atomic E-state index is 12.1. The molecule has 5 N–H and O–H groups in total. The second-order valence-electron chi connectivity index (χ2n) is 4.74. The first kappa shape index (κ1) is 15.4. The number of nitrogens with two attached hydrogens (primary N) is 2. The van der Waals surface area contributed by atoms with Crippen molar-refractivity contribution in [1.29, 1.82) is 0 Å². The molecule has 0 aromatic carbocycles. The molecule has 0 radical (unpaired) electrons. The lowest BCUT2D eigenvalue weighted by Crippen LogP contribution is -2.52. The number of sulfonamides is 1. The van der Waals surface area contributed by atoms with Crippen LogP contribution in [0.15, 0.2) is 11.1 Å². The van der Waals surface area contributed by atoms with Gasteiger partial charge in [-0.05, 0) is 20.3 Å². The van der Waals surface area contributed by atoms with Crippen LogP contribution in [0.5, 0.6) is 0 Å². The van der Waals surface area contributed by atoms with Crippen molar-refractivity contribution in [1.82, 2.24) is 14.5 Å². The molecule has 1 heterocycles. The topological polar surface area (TPSA) is 133 Å². The third kappa shape index (κ3) is 3.44. The summed E-state index contributed by atoms with van der Waals surface area (Å²) in [5.41, 5.74) is 9.31. The molecular weight excluding hydrogens is 270 g/mol. The molecule has 0 spiro atoms. The molecule has 1 aromatic heterocycles. The Morgan fingerprint density at radius 1 is 1.53 bits per heavy atom. The highest BCUT2D eigenvalue weighted by Gasteiger charge is 2.33. The van der Waals surface area contributed by atoms with E-state index in [0.717, 1.165) is 6.42 Å². The molecule has 0 bridgehead atoms. The second kappa shape index (κ2) is 5.17. The van der Waals surface area contributed by atoms with Crippen molar-refractivity contribution in [3.63, 3.8) is 0 Å². The zero-order chi connectivity index (χ0) is 14.8. The Bertz CT molecular complexity index is 576. The Balaban J connectivity index is 3.11. The van der Waals surface area contributed by atoms with E-state index in [1.807, 2.05) is 6.92 Å². The van der Waals surface area contributed by atoms with Crippen molar-refractivity contribution in [3.05, 3.63) is 6.20 Å². The number of hydrogen-bond donors (Lipinski definition) is 3. The van der Waals surface area contributed by atoms with Gasteiger partial charge in [-0.2, -0.15) is 9.82 Å². The lowest BCUT2D eigenvalue weighted by atomic mass is 10.1. The molecule has 19 heavy (non-hydrogen) atoms. The number of anilines is 1. The first-order chi connectivity index (χ1) is 8.60. The van der Waals surface area contributed by atoms with Gasteiger partial charge in [0.1, 0.15) is 10.4 Å². The Hall–Kier alpha value is -1.61. The molecule has 0 atom stereocenters. The van der Waals surface area contributed by atoms with Gasteiger partial charge in [-0.1, -0.05) is 6.92 Å². The number of carbonyl (C=O) groups is 1. The van der Waals surface area contributed by atoms with E-state index in [1.54, 1.807) is 0 Å². The molecule has 0 fully saturated rings. The molecular formula is C10H19N5O3S. The van der Waals surface area contributed by atoms with Crippen molar-refractivity contribution in [2.24, 2.45) is 5.73 Å². The lowest BCUT2D eigenvalue weighted by Gasteiger charge is -2.21. The van der Waals surface area contributed by atoms with Crippen LogP contribution in [0.3, 0.4) is 0 Å². The number of amides is 1. The fraction of sp³-hybridized carbons (Fsp3) is 0.600. The van der Waals surface area contributed by atoms with Gasteiger partial charge >= 0.3 is 0 Å². The van der Waals surface area contributed by atoms with Gasteiger partial charge in [0, 0.05) is 12.7 Å². The molecule has 108 valence electrons. The normalized spacial score (nSPS) is 12.6. The number of carbonyl (C=O) groups excluding carboxylic acids is 1. The van der Waals surface area contributed by atoms with Gasteiger partial charge in [0.25, 0.3) is 0 Å². The molecule has 1 aromatic rings. The Morgan fingerprint density at radius 3 is 2.58 bits per heavy atom. The van der Waals surface area contributed by atoms with E-state index >= 15 is 0 Å². The summed E-state index contributed by atoms with van der Waals surface area (Å²) >= 11 is 0. The van der Waals surface area contributed by atoms with Crippen molar-refractivity contribution in [3.8, 4) is 0 Å². The zero-order valence-electron chi connectivity index (χ0n) is 11.2. The predicted molar refractivity (Wildman–Crippen MR) is 70.5 cm³/mol. The Kier molecular flexibility index (Phi) is 4.21. The molecule has 0 aliphatic heterocycles. The SMILES string of the molecule is CCCn1cc(S(=O)(=O)NC(C)(C)C(N)=O)c(N)n1. The van der Waals surface area contributed by atoms with Gasteiger partial charge in [-0.3, -0.25) is 9.48 Å². The third-order valence-corrected chi connectivity index (χ3v) is 4.18. The van der Waals surface area contributed by atoms with E-state index in [0.29, 0.717) is 6.54 Å². The van der Waals surface area contributed by atoms with E-state index in [1.165, 1.54) is 24.7 Å². The van der Waals surface area contributed by atoms with Crippen molar-refractivity contribution in [2.75, 3.05) is 5.73 Å². The van der Waals surface area contributed by atoms with E-state index in [-0.39, 0.29) is 10.7 Å². The van der Waals surface area contributed by atoms with Crippen LogP contribution in [0.1, 0.15) is 27.2 Å². The van der Waals surface area contributed by atoms with E-state index in [2.05, 4.69) is 9.82 Å². The van der Waals surface area contributed by atoms with Gasteiger partial charge < -0.3 is 11.5 Å². The lowest BCUT2D eigenvalue weighted by molar-refractivity contribution is -0.122. The summed E-state index contributed by atoms with van der Waals surface area (Å²) in [7, 11) is -3.95. The fourth-order valence-electron chi connectivity index (χ4n) is 1.41. The van der Waals surface area contributed by atoms with E-state index in [4.69, 9.17) is 11.5 Å². The van der Waals surface area contributed by atoms with Crippen LogP contribution in [0.4, 0.5) is 5.82 Å². The third-order valence-electron chi connectivity index (χ3n) is 2.50. The summed E-state index contributed by atoms with van der Waals surface area (Å²) in [5.74, 6) is -0.892. The number of rotatable bonds is 6. The molecule has 9 heteroatoms. The quantitative estimate of drug-likeness (QED) is 0.644. The first-order valence-corrected chi connectivity index (χ1v) is 7.25. The van der Waals surface area contributed by atoms with E-state index in [9.17, 15) is 13.2 Å².